The van der Waals surface area contributed by atoms with E-state index in [4.69, 9.17) is 8.83 Å². The van der Waals surface area contributed by atoms with Gasteiger partial charge < -0.3 is 18.6 Å². The summed E-state index contributed by atoms with van der Waals surface area (Å²) in [5.41, 5.74) is 0.624. The summed E-state index contributed by atoms with van der Waals surface area (Å²) >= 11 is 0. The van der Waals surface area contributed by atoms with Crippen LogP contribution in [0.25, 0.3) is 11.0 Å². The van der Waals surface area contributed by atoms with Crippen LogP contribution < -0.4 is 5.43 Å². The summed E-state index contributed by atoms with van der Waals surface area (Å²) in [6.45, 7) is 7.19. The van der Waals surface area contributed by atoms with Gasteiger partial charge >= 0.3 is 0 Å². The summed E-state index contributed by atoms with van der Waals surface area (Å²) in [6.07, 6.45) is 1.56. The molecule has 1 aliphatic heterocycles. The van der Waals surface area contributed by atoms with Crippen molar-refractivity contribution in [2.75, 3.05) is 26.2 Å². The molecule has 0 saturated carbocycles. The highest BCUT2D eigenvalue weighted by molar-refractivity contribution is 5.98. The summed E-state index contributed by atoms with van der Waals surface area (Å²) < 4.78 is 11.5. The second kappa shape index (κ2) is 7.04. The van der Waals surface area contributed by atoms with Crippen LogP contribution in [0.15, 0.2) is 56.3 Å². The van der Waals surface area contributed by atoms with Gasteiger partial charge in [0.05, 0.1) is 17.2 Å². The van der Waals surface area contributed by atoms with Gasteiger partial charge in [-0.05, 0) is 37.4 Å². The first-order valence-electron chi connectivity index (χ1n) is 9.28. The second-order valence-electron chi connectivity index (χ2n) is 6.61. The zero-order valence-corrected chi connectivity index (χ0v) is 15.5. The van der Waals surface area contributed by atoms with E-state index in [0.717, 1.165) is 19.6 Å². The average molecular weight is 366 g/mol. The third kappa shape index (κ3) is 2.86. The molecule has 0 bridgehead atoms. The lowest BCUT2D eigenvalue weighted by Gasteiger charge is -2.26. The maximum absolute atomic E-state index is 13.2. The molecule has 1 atom stereocenters. The number of furan rings is 1. The maximum Gasteiger partial charge on any atom is 0.291 e. The molecule has 1 amide bonds. The summed E-state index contributed by atoms with van der Waals surface area (Å²) in [7, 11) is 0. The average Bonchev–Trinajstić information content (AvgIpc) is 3.30. The molecule has 4 rings (SSSR count). The Hall–Kier alpha value is -2.86. The summed E-state index contributed by atoms with van der Waals surface area (Å²) in [6, 6.07) is 10.0. The fraction of sp³-hybridized carbons (Fsp3) is 0.333. The lowest BCUT2D eigenvalue weighted by atomic mass is 10.0. The molecule has 6 nitrogen and oxygen atoms in total. The number of rotatable bonds is 6. The van der Waals surface area contributed by atoms with E-state index in [-0.39, 0.29) is 17.1 Å². The Balaban J connectivity index is 1.83. The maximum atomic E-state index is 13.2. The van der Waals surface area contributed by atoms with Gasteiger partial charge in [-0.25, -0.2) is 0 Å². The Kier molecular flexibility index (Phi) is 4.58. The van der Waals surface area contributed by atoms with Crippen molar-refractivity contribution in [1.82, 2.24) is 9.80 Å². The van der Waals surface area contributed by atoms with Crippen LogP contribution >= 0.6 is 0 Å². The molecule has 3 aromatic rings. The van der Waals surface area contributed by atoms with E-state index in [1.807, 2.05) is 0 Å². The molecular weight excluding hydrogens is 344 g/mol. The van der Waals surface area contributed by atoms with Crippen molar-refractivity contribution < 1.29 is 13.6 Å². The molecule has 0 spiro atoms. The van der Waals surface area contributed by atoms with Gasteiger partial charge in [-0.1, -0.05) is 26.0 Å². The van der Waals surface area contributed by atoms with Crippen LogP contribution in [0.2, 0.25) is 0 Å². The SMILES string of the molecule is CCN(CC)CCN1C(=O)c2oc3ccccc3c(=O)c2[C@H]1c1ccco1. The monoisotopic (exact) mass is 366 g/mol. The number of nitrogens with zero attached hydrogens (tertiary/aromatic N) is 2. The van der Waals surface area contributed by atoms with E-state index in [9.17, 15) is 9.59 Å². The predicted octanol–water partition coefficient (Wildman–Crippen LogP) is 3.27. The van der Waals surface area contributed by atoms with Gasteiger partial charge in [0.25, 0.3) is 5.91 Å². The van der Waals surface area contributed by atoms with E-state index in [1.54, 1.807) is 47.6 Å². The number of carbonyl (C=O) groups is 1. The third-order valence-electron chi connectivity index (χ3n) is 5.24. The van der Waals surface area contributed by atoms with Gasteiger partial charge in [0.15, 0.2) is 5.43 Å². The summed E-state index contributed by atoms with van der Waals surface area (Å²) in [5.74, 6) is 0.435. The standard InChI is InChI=1S/C21H22N2O4/c1-3-22(4-2)11-12-23-18(16-10-7-13-26-16)17-19(24)14-8-5-6-9-15(14)27-20(17)21(23)25/h5-10,13,18H,3-4,11-12H2,1-2H3/t18-/m1/s1. The molecule has 2 aromatic heterocycles. The largest absolute Gasteiger partial charge is 0.467 e. The van der Waals surface area contributed by atoms with Gasteiger partial charge in [-0.15, -0.1) is 0 Å². The Morgan fingerprint density at radius 3 is 2.56 bits per heavy atom. The highest BCUT2D eigenvalue weighted by Gasteiger charge is 2.43. The molecule has 0 N–H and O–H groups in total. The van der Waals surface area contributed by atoms with Crippen LogP contribution in [-0.4, -0.2) is 41.9 Å². The number of hydrogen-bond donors (Lipinski definition) is 0. The van der Waals surface area contributed by atoms with Crippen molar-refractivity contribution in [3.8, 4) is 0 Å². The topological polar surface area (TPSA) is 66.9 Å². The number of para-hydroxylation sites is 1. The Labute approximate surface area is 157 Å². The van der Waals surface area contributed by atoms with Gasteiger partial charge in [-0.2, -0.15) is 0 Å². The fourth-order valence-electron chi connectivity index (χ4n) is 3.73. The molecule has 140 valence electrons. The van der Waals surface area contributed by atoms with E-state index in [1.165, 1.54) is 0 Å². The molecule has 27 heavy (non-hydrogen) atoms. The van der Waals surface area contributed by atoms with Gasteiger partial charge in [0.1, 0.15) is 17.4 Å². The van der Waals surface area contributed by atoms with Crippen LogP contribution in [0.4, 0.5) is 0 Å². The molecule has 0 saturated heterocycles. The minimum atomic E-state index is -0.557. The van der Waals surface area contributed by atoms with Gasteiger partial charge in [0.2, 0.25) is 5.76 Å². The van der Waals surface area contributed by atoms with Crippen molar-refractivity contribution in [2.45, 2.75) is 19.9 Å². The highest BCUT2D eigenvalue weighted by atomic mass is 16.4. The Bertz CT molecular complexity index is 1020. The molecule has 6 heteroatoms. The highest BCUT2D eigenvalue weighted by Crippen LogP contribution is 2.38. The first-order chi connectivity index (χ1) is 13.2. The normalized spacial score (nSPS) is 16.5. The molecular formula is C21H22N2O4. The zero-order chi connectivity index (χ0) is 19.0. The van der Waals surface area contributed by atoms with Gasteiger partial charge in [-0.3, -0.25) is 9.59 Å². The second-order valence-corrected chi connectivity index (χ2v) is 6.61. The number of benzene rings is 1. The number of amides is 1. The number of hydrogen-bond acceptors (Lipinski definition) is 5. The minimum absolute atomic E-state index is 0.125. The smallest absolute Gasteiger partial charge is 0.291 e. The van der Waals surface area contributed by atoms with Gasteiger partial charge in [0, 0.05) is 13.1 Å². The van der Waals surface area contributed by atoms with Crippen LogP contribution in [0.5, 0.6) is 0 Å². The first kappa shape index (κ1) is 17.5. The summed E-state index contributed by atoms with van der Waals surface area (Å²) in [4.78, 5) is 30.2. The van der Waals surface area contributed by atoms with Crippen molar-refractivity contribution in [2.24, 2.45) is 0 Å². The number of fused-ring (bicyclic) bond motifs is 2. The Morgan fingerprint density at radius 1 is 1.07 bits per heavy atom. The molecule has 0 radical (unpaired) electrons. The zero-order valence-electron chi connectivity index (χ0n) is 15.5. The van der Waals surface area contributed by atoms with Crippen molar-refractivity contribution in [1.29, 1.82) is 0 Å². The van der Waals surface area contributed by atoms with E-state index < -0.39 is 6.04 Å². The summed E-state index contributed by atoms with van der Waals surface area (Å²) in [5, 5.41) is 0.478. The van der Waals surface area contributed by atoms with E-state index >= 15 is 0 Å². The van der Waals surface area contributed by atoms with E-state index in [2.05, 4.69) is 18.7 Å². The Morgan fingerprint density at radius 2 is 1.85 bits per heavy atom. The molecule has 0 fully saturated rings. The molecule has 1 aromatic carbocycles. The van der Waals surface area contributed by atoms with Crippen LogP contribution in [0, 0.1) is 0 Å². The quantitative estimate of drug-likeness (QED) is 0.670. The minimum Gasteiger partial charge on any atom is -0.467 e. The van der Waals surface area contributed by atoms with E-state index in [0.29, 0.717) is 28.8 Å². The van der Waals surface area contributed by atoms with Crippen LogP contribution in [-0.2, 0) is 0 Å². The molecule has 3 heterocycles. The lowest BCUT2D eigenvalue weighted by molar-refractivity contribution is 0.0694. The molecule has 0 aliphatic carbocycles. The van der Waals surface area contributed by atoms with Crippen molar-refractivity contribution in [3.05, 3.63) is 70.0 Å². The van der Waals surface area contributed by atoms with Crippen molar-refractivity contribution in [3.63, 3.8) is 0 Å². The lowest BCUT2D eigenvalue weighted by Crippen LogP contribution is -2.37. The van der Waals surface area contributed by atoms with Crippen molar-refractivity contribution >= 4 is 16.9 Å². The van der Waals surface area contributed by atoms with Crippen LogP contribution in [0.3, 0.4) is 0 Å². The predicted molar refractivity (Wildman–Crippen MR) is 102 cm³/mol. The molecule has 0 unspecified atom stereocenters. The first-order valence-corrected chi connectivity index (χ1v) is 9.28. The van der Waals surface area contributed by atoms with Crippen LogP contribution in [0.1, 0.15) is 41.8 Å². The number of carbonyl (C=O) groups excluding carboxylic acids is 1. The number of likely N-dealkylation sites (N-methyl/N-ethyl adjacent to an activating group) is 1. The third-order valence-corrected chi connectivity index (χ3v) is 5.24. The molecule has 1 aliphatic rings. The fourth-order valence-corrected chi connectivity index (χ4v) is 3.73.